The second-order valence-electron chi connectivity index (χ2n) is 19.8. The van der Waals surface area contributed by atoms with Gasteiger partial charge in [-0.05, 0) is 80.4 Å². The zero-order chi connectivity index (χ0) is 48.2. The Labute approximate surface area is 434 Å². The van der Waals surface area contributed by atoms with E-state index in [-0.39, 0.29) is 22.4 Å². The predicted molar refractivity (Wildman–Crippen MR) is 291 cm³/mol. The molecular weight excluding hydrogens is 1050 g/mol. The fourth-order valence-electron chi connectivity index (χ4n) is 10.9. The summed E-state index contributed by atoms with van der Waals surface area (Å²) in [4.78, 5) is 9.60. The summed E-state index contributed by atoms with van der Waals surface area (Å²) in [6, 6.07) is 65.1. The van der Waals surface area contributed by atoms with Gasteiger partial charge in [0.05, 0.1) is 17.2 Å². The fourth-order valence-corrected chi connectivity index (χ4v) is 10.9. The third-order valence-electron chi connectivity index (χ3n) is 14.1. The topological polar surface area (TPSA) is 39.5 Å². The molecule has 5 nitrogen and oxygen atoms in total. The Hall–Kier alpha value is -7.15. The van der Waals surface area contributed by atoms with E-state index in [9.17, 15) is 0 Å². The molecule has 0 unspecified atom stereocenters. The zero-order valence-electron chi connectivity index (χ0n) is 41.7. The van der Waals surface area contributed by atoms with Crippen molar-refractivity contribution in [3.05, 3.63) is 217 Å². The second-order valence-corrected chi connectivity index (χ2v) is 19.8. The van der Waals surface area contributed by atoms with Crippen molar-refractivity contribution in [3.8, 4) is 61.6 Å². The third-order valence-corrected chi connectivity index (χ3v) is 14.1. The van der Waals surface area contributed by atoms with Crippen LogP contribution in [0.3, 0.4) is 0 Å². The first-order chi connectivity index (χ1) is 34.1. The molecule has 71 heavy (non-hydrogen) atoms. The van der Waals surface area contributed by atoms with Gasteiger partial charge in [0.15, 0.2) is 12.0 Å². The van der Waals surface area contributed by atoms with Gasteiger partial charge in [0.25, 0.3) is 0 Å². The largest absolute Gasteiger partial charge is 0.326 e. The minimum atomic E-state index is 0. The predicted octanol–water partition coefficient (Wildman–Crippen LogP) is 16.6. The zero-order valence-corrected chi connectivity index (χ0v) is 43.8. The van der Waals surface area contributed by atoms with Gasteiger partial charge in [-0.25, -0.2) is 0 Å². The molecule has 0 bridgehead atoms. The summed E-state index contributed by atoms with van der Waals surface area (Å²) in [5, 5.41) is 2.54. The van der Waals surface area contributed by atoms with Gasteiger partial charge in [0, 0.05) is 44.5 Å². The van der Waals surface area contributed by atoms with Crippen molar-refractivity contribution >= 4 is 33.1 Å². The number of fused-ring (bicyclic) bond motifs is 12. The third kappa shape index (κ3) is 8.16. The van der Waals surface area contributed by atoms with Gasteiger partial charge in [0.2, 0.25) is 5.65 Å². The van der Waals surface area contributed by atoms with E-state index in [1.807, 2.05) is 0 Å². The SMILES string of the molecule is CC(C)c1cccc(C(C)C)c1-n1[c-][n+](-c2c(C(C)C)cccc2C(C)C)c2nccnc21.[Au].[c-]1ccc(-n2c3ccccc3c3ccccc32)c2c1-c1ccccc1-c1ccccc1-c1ccccc1-2. The van der Waals surface area contributed by atoms with Crippen LogP contribution >= 0.6 is 0 Å². The van der Waals surface area contributed by atoms with Crippen LogP contribution in [0, 0.1) is 12.4 Å². The maximum atomic E-state index is 4.80. The summed E-state index contributed by atoms with van der Waals surface area (Å²) in [5.74, 6) is 1.51. The van der Waals surface area contributed by atoms with Crippen LogP contribution in [0.1, 0.15) is 101 Å². The fraction of sp³-hybridized carbons (Fsp3) is 0.185. The normalized spacial score (nSPS) is 11.8. The van der Waals surface area contributed by atoms with Gasteiger partial charge < -0.3 is 9.13 Å². The number of rotatable bonds is 7. The summed E-state index contributed by atoms with van der Waals surface area (Å²) < 4.78 is 6.73. The minimum Gasteiger partial charge on any atom is -0.326 e. The molecule has 12 rings (SSSR count). The van der Waals surface area contributed by atoms with Crippen LogP contribution in [-0.4, -0.2) is 19.1 Å². The van der Waals surface area contributed by atoms with Crippen LogP contribution in [0.5, 0.6) is 0 Å². The quantitative estimate of drug-likeness (QED) is 0.0906. The van der Waals surface area contributed by atoms with E-state index < -0.39 is 0 Å². The summed E-state index contributed by atoms with van der Waals surface area (Å²) in [5.41, 5.74) is 22.6. The summed E-state index contributed by atoms with van der Waals surface area (Å²) in [6.45, 7) is 18.0. The van der Waals surface area contributed by atoms with E-state index in [2.05, 4.69) is 251 Å². The van der Waals surface area contributed by atoms with Crippen molar-refractivity contribution in [3.63, 3.8) is 0 Å². The number of benzene rings is 8. The Morgan fingerprint density at radius 1 is 0.451 bits per heavy atom. The first-order valence-corrected chi connectivity index (χ1v) is 24.9. The van der Waals surface area contributed by atoms with Crippen LogP contribution in [0.2, 0.25) is 0 Å². The molecule has 0 saturated heterocycles. The Morgan fingerprint density at radius 2 is 0.887 bits per heavy atom. The van der Waals surface area contributed by atoms with Crippen molar-refractivity contribution in [1.82, 2.24) is 19.1 Å². The van der Waals surface area contributed by atoms with E-state index in [4.69, 9.17) is 9.97 Å². The Morgan fingerprint density at radius 3 is 1.42 bits per heavy atom. The molecule has 355 valence electrons. The van der Waals surface area contributed by atoms with E-state index in [1.165, 1.54) is 100 Å². The molecule has 3 aromatic heterocycles. The van der Waals surface area contributed by atoms with Gasteiger partial charge >= 0.3 is 0 Å². The molecule has 0 spiro atoms. The number of nitrogens with zero attached hydrogens (tertiary/aromatic N) is 5. The van der Waals surface area contributed by atoms with Gasteiger partial charge in [0.1, 0.15) is 6.20 Å². The van der Waals surface area contributed by atoms with Gasteiger partial charge in [-0.1, -0.05) is 223 Å². The summed E-state index contributed by atoms with van der Waals surface area (Å²) >= 11 is 0. The molecule has 11 aromatic rings. The molecule has 0 N–H and O–H groups in total. The van der Waals surface area contributed by atoms with Crippen molar-refractivity contribution in [1.29, 1.82) is 0 Å². The minimum absolute atomic E-state index is 0. The Kier molecular flexibility index (Phi) is 13.1. The Balaban J connectivity index is 0.000000163. The van der Waals surface area contributed by atoms with Crippen LogP contribution in [0.15, 0.2) is 182 Å². The molecule has 1 aliphatic carbocycles. The monoisotopic (exact) mass is 1110 g/mol. The number of imidazole rings is 1. The number of aromatic nitrogens is 5. The van der Waals surface area contributed by atoms with Crippen LogP contribution in [0.4, 0.5) is 0 Å². The van der Waals surface area contributed by atoms with E-state index in [0.29, 0.717) is 23.7 Å². The molecule has 1 radical (unpaired) electrons. The second kappa shape index (κ2) is 19.6. The molecule has 8 aromatic carbocycles. The molecule has 0 fully saturated rings. The van der Waals surface area contributed by atoms with Crippen molar-refractivity contribution in [2.24, 2.45) is 0 Å². The maximum absolute atomic E-state index is 4.80. The molecule has 0 atom stereocenters. The average molecular weight is 1110 g/mol. The van der Waals surface area contributed by atoms with E-state index >= 15 is 0 Å². The summed E-state index contributed by atoms with van der Waals surface area (Å²) in [7, 11) is 0. The molecule has 6 heteroatoms. The molecule has 3 heterocycles. The van der Waals surface area contributed by atoms with E-state index in [1.54, 1.807) is 12.4 Å². The van der Waals surface area contributed by atoms with Crippen molar-refractivity contribution in [2.75, 3.05) is 0 Å². The van der Waals surface area contributed by atoms with Crippen LogP contribution in [-0.2, 0) is 22.4 Å². The summed E-state index contributed by atoms with van der Waals surface area (Å²) in [6.07, 6.45) is 7.27. The number of hydrogen-bond donors (Lipinski definition) is 0. The standard InChI is InChI=1S/C36H22N.C29H36N4.Au/c1-2-13-25-24(12-1)26-14-3-4-15-28(26)32-20-11-23-35(36(32)31-19-6-5-16-27(25)31)37-33-21-9-7-17-29(33)30-18-8-10-22-34(30)37;1-18(2)22-11-9-12-23(19(3)4)26(22)32-17-33(29-28(32)30-15-16-31-29)27-24(20(5)6)13-10-14-25(27)21(7)8;/h1-19,21-23H;9-16,18-21H,1-8H3;/q-1;;. The smallest absolute Gasteiger partial charge is 0.227 e. The molecular formula is C65H58AuN5-. The van der Waals surface area contributed by atoms with Crippen LogP contribution < -0.4 is 4.57 Å². The van der Waals surface area contributed by atoms with Gasteiger partial charge in [-0.3, -0.25) is 9.55 Å². The molecule has 1 aliphatic rings. The average Bonchev–Trinajstić information content (AvgIpc) is 3.94. The number of para-hydroxylation sites is 4. The van der Waals surface area contributed by atoms with Crippen molar-refractivity contribution in [2.45, 2.75) is 79.1 Å². The molecule has 0 aliphatic heterocycles. The maximum Gasteiger partial charge on any atom is 0.227 e. The van der Waals surface area contributed by atoms with E-state index in [0.717, 1.165) is 16.9 Å². The number of hydrogen-bond acceptors (Lipinski definition) is 2. The van der Waals surface area contributed by atoms with Gasteiger partial charge in [-0.2, -0.15) is 4.98 Å². The Bertz CT molecular complexity index is 3550. The molecule has 0 amide bonds. The first kappa shape index (κ1) is 47.5. The first-order valence-electron chi connectivity index (χ1n) is 24.9. The molecule has 0 saturated carbocycles. The van der Waals surface area contributed by atoms with Gasteiger partial charge in [-0.15, -0.1) is 23.8 Å². The van der Waals surface area contributed by atoms with Crippen LogP contribution in [0.25, 0.3) is 94.7 Å². The van der Waals surface area contributed by atoms with Crippen molar-refractivity contribution < 1.29 is 26.9 Å².